The normalized spacial score (nSPS) is 10.2. The number of hydrogen-bond donors (Lipinski definition) is 0. The van der Waals surface area contributed by atoms with Gasteiger partial charge >= 0.3 is 0 Å². The third kappa shape index (κ3) is 1.81. The van der Waals surface area contributed by atoms with E-state index in [1.165, 1.54) is 25.1 Å². The molecule has 0 amide bonds. The van der Waals surface area contributed by atoms with Crippen LogP contribution < -0.4 is 4.57 Å². The van der Waals surface area contributed by atoms with Gasteiger partial charge in [0.1, 0.15) is 6.54 Å². The van der Waals surface area contributed by atoms with E-state index in [0.717, 1.165) is 0 Å². The molecule has 1 rings (SSSR count). The first-order chi connectivity index (χ1) is 4.84. The Bertz CT molecular complexity index is 193. The Morgan fingerprint density at radius 2 is 2.40 bits per heavy atom. The summed E-state index contributed by atoms with van der Waals surface area (Å²) >= 11 is 1.78. The molecule has 1 aromatic heterocycles. The van der Waals surface area contributed by atoms with E-state index >= 15 is 0 Å². The number of nitrogens with zero attached hydrogens (tertiary/aromatic N) is 1. The average molecular weight is 156 g/mol. The lowest BCUT2D eigenvalue weighted by atomic mass is 10.3. The zero-order valence-electron chi connectivity index (χ0n) is 6.63. The Morgan fingerprint density at radius 3 is 2.90 bits per heavy atom. The van der Waals surface area contributed by atoms with E-state index in [-0.39, 0.29) is 0 Å². The number of unbranched alkanes of at least 4 members (excludes halogenated alkanes) is 1. The minimum absolute atomic E-state index is 1.19. The lowest BCUT2D eigenvalue weighted by molar-refractivity contribution is -0.698. The Balaban J connectivity index is 2.49. The number of aryl methyl sites for hydroxylation is 2. The maximum absolute atomic E-state index is 2.31. The van der Waals surface area contributed by atoms with E-state index < -0.39 is 0 Å². The highest BCUT2D eigenvalue weighted by molar-refractivity contribution is 7.07. The molecule has 2 heteroatoms. The van der Waals surface area contributed by atoms with Crippen LogP contribution in [-0.4, -0.2) is 0 Å². The van der Waals surface area contributed by atoms with Crippen molar-refractivity contribution >= 4 is 11.3 Å². The lowest BCUT2D eigenvalue weighted by Gasteiger charge is -1.90. The summed E-state index contributed by atoms with van der Waals surface area (Å²) in [5.74, 6) is 0. The number of rotatable bonds is 3. The number of hydrogen-bond acceptors (Lipinski definition) is 1. The summed E-state index contributed by atoms with van der Waals surface area (Å²) in [5, 5.41) is 2.19. The highest BCUT2D eigenvalue weighted by Crippen LogP contribution is 1.97. The summed E-state index contributed by atoms with van der Waals surface area (Å²) < 4.78 is 2.31. The van der Waals surface area contributed by atoms with Crippen LogP contribution in [0.4, 0.5) is 0 Å². The van der Waals surface area contributed by atoms with Crippen molar-refractivity contribution in [1.82, 2.24) is 0 Å². The summed E-state index contributed by atoms with van der Waals surface area (Å²) in [6.45, 7) is 5.57. The topological polar surface area (TPSA) is 3.88 Å². The summed E-state index contributed by atoms with van der Waals surface area (Å²) in [6, 6.07) is 0. The van der Waals surface area contributed by atoms with E-state index in [2.05, 4.69) is 29.3 Å². The summed E-state index contributed by atoms with van der Waals surface area (Å²) in [7, 11) is 0. The summed E-state index contributed by atoms with van der Waals surface area (Å²) in [4.78, 5) is 0. The second-order valence-electron chi connectivity index (χ2n) is 2.55. The Labute approximate surface area is 66.3 Å². The first-order valence-electron chi connectivity index (χ1n) is 3.77. The van der Waals surface area contributed by atoms with Gasteiger partial charge in [-0.25, -0.2) is 0 Å². The highest BCUT2D eigenvalue weighted by Gasteiger charge is 2.03. The molecule has 0 aromatic carbocycles. The molecule has 0 atom stereocenters. The van der Waals surface area contributed by atoms with Crippen molar-refractivity contribution in [2.24, 2.45) is 0 Å². The number of aromatic nitrogens is 1. The molecule has 0 radical (unpaired) electrons. The zero-order valence-corrected chi connectivity index (χ0v) is 7.45. The van der Waals surface area contributed by atoms with Crippen molar-refractivity contribution in [1.29, 1.82) is 0 Å². The summed E-state index contributed by atoms with van der Waals surface area (Å²) in [6.07, 6.45) is 2.57. The van der Waals surface area contributed by atoms with Gasteiger partial charge < -0.3 is 0 Å². The first kappa shape index (κ1) is 7.73. The molecule has 56 valence electrons. The van der Waals surface area contributed by atoms with Gasteiger partial charge in [0.05, 0.1) is 5.38 Å². The van der Waals surface area contributed by atoms with Gasteiger partial charge in [-0.2, -0.15) is 4.57 Å². The first-order valence-corrected chi connectivity index (χ1v) is 4.71. The molecule has 1 heterocycles. The van der Waals surface area contributed by atoms with Crippen molar-refractivity contribution in [3.63, 3.8) is 0 Å². The summed E-state index contributed by atoms with van der Waals surface area (Å²) in [5.41, 5.74) is 3.57. The molecule has 1 nitrogen and oxygen atoms in total. The molecule has 0 unspecified atom stereocenters. The van der Waals surface area contributed by atoms with Gasteiger partial charge in [-0.3, -0.25) is 0 Å². The Hall–Kier alpha value is -0.370. The van der Waals surface area contributed by atoms with Gasteiger partial charge in [-0.05, 0) is 0 Å². The minimum atomic E-state index is 1.19. The van der Waals surface area contributed by atoms with Crippen LogP contribution in [0.3, 0.4) is 0 Å². The molecule has 0 N–H and O–H groups in total. The van der Waals surface area contributed by atoms with Gasteiger partial charge in [0.2, 0.25) is 5.51 Å². The van der Waals surface area contributed by atoms with Crippen LogP contribution in [-0.2, 0) is 6.54 Å². The molecule has 0 saturated carbocycles. The van der Waals surface area contributed by atoms with Gasteiger partial charge in [0.15, 0.2) is 5.69 Å². The third-order valence-corrected chi connectivity index (χ3v) is 2.49. The second kappa shape index (κ2) is 3.71. The van der Waals surface area contributed by atoms with E-state index in [1.807, 2.05) is 0 Å². The monoisotopic (exact) mass is 156 g/mol. The third-order valence-electron chi connectivity index (χ3n) is 1.63. The van der Waals surface area contributed by atoms with Crippen molar-refractivity contribution < 1.29 is 4.57 Å². The SMILES string of the molecule is CCCC[n+]1cscc1C. The Kier molecular flexibility index (Phi) is 2.87. The van der Waals surface area contributed by atoms with Crippen LogP contribution in [0, 0.1) is 6.92 Å². The molecule has 0 aliphatic carbocycles. The zero-order chi connectivity index (χ0) is 7.40. The quantitative estimate of drug-likeness (QED) is 0.590. The van der Waals surface area contributed by atoms with Crippen LogP contribution in [0.5, 0.6) is 0 Å². The van der Waals surface area contributed by atoms with Gasteiger partial charge in [-0.1, -0.05) is 24.7 Å². The van der Waals surface area contributed by atoms with Gasteiger partial charge in [0, 0.05) is 13.3 Å². The molecular formula is C8H14NS+. The highest BCUT2D eigenvalue weighted by atomic mass is 32.1. The molecule has 0 fully saturated rings. The van der Waals surface area contributed by atoms with Crippen molar-refractivity contribution in [2.45, 2.75) is 33.2 Å². The maximum atomic E-state index is 2.31. The van der Waals surface area contributed by atoms with Crippen LogP contribution in [0.25, 0.3) is 0 Å². The smallest absolute Gasteiger partial charge is 0.193 e. The Morgan fingerprint density at radius 1 is 1.60 bits per heavy atom. The van der Waals surface area contributed by atoms with Crippen LogP contribution in [0.15, 0.2) is 10.9 Å². The maximum Gasteiger partial charge on any atom is 0.224 e. The van der Waals surface area contributed by atoms with Crippen LogP contribution >= 0.6 is 11.3 Å². The van der Waals surface area contributed by atoms with Gasteiger partial charge in [0.25, 0.3) is 0 Å². The molecule has 0 aliphatic heterocycles. The predicted molar refractivity (Wildman–Crippen MR) is 44.2 cm³/mol. The molecule has 10 heavy (non-hydrogen) atoms. The minimum Gasteiger partial charge on any atom is -0.193 e. The lowest BCUT2D eigenvalue weighted by Crippen LogP contribution is -2.33. The number of thiazole rings is 1. The van der Waals surface area contributed by atoms with Crippen molar-refractivity contribution in [2.75, 3.05) is 0 Å². The fraction of sp³-hybridized carbons (Fsp3) is 0.625. The standard InChI is InChI=1S/C8H14NS/c1-3-4-5-9-7-10-6-8(9)2/h6-7H,3-5H2,1-2H3/q+1. The fourth-order valence-corrected chi connectivity index (χ4v) is 1.72. The molecule has 0 saturated heterocycles. The molecule has 0 aliphatic rings. The van der Waals surface area contributed by atoms with E-state index in [0.29, 0.717) is 0 Å². The second-order valence-corrected chi connectivity index (χ2v) is 3.27. The predicted octanol–water partition coefficient (Wildman–Crippen LogP) is 2.14. The van der Waals surface area contributed by atoms with Crippen LogP contribution in [0.2, 0.25) is 0 Å². The molecule has 0 bridgehead atoms. The molecule has 1 aromatic rings. The molecule has 0 spiro atoms. The van der Waals surface area contributed by atoms with Crippen molar-refractivity contribution in [3.8, 4) is 0 Å². The van der Waals surface area contributed by atoms with Gasteiger partial charge in [-0.15, -0.1) is 0 Å². The molecular weight excluding hydrogens is 142 g/mol. The van der Waals surface area contributed by atoms with Crippen LogP contribution in [0.1, 0.15) is 25.5 Å². The van der Waals surface area contributed by atoms with E-state index in [1.54, 1.807) is 11.3 Å². The van der Waals surface area contributed by atoms with Crippen molar-refractivity contribution in [3.05, 3.63) is 16.6 Å². The fourth-order valence-electron chi connectivity index (χ4n) is 0.911. The van der Waals surface area contributed by atoms with E-state index in [4.69, 9.17) is 0 Å². The van der Waals surface area contributed by atoms with E-state index in [9.17, 15) is 0 Å². The largest absolute Gasteiger partial charge is 0.224 e. The average Bonchev–Trinajstić information content (AvgIpc) is 2.31.